The second-order valence-corrected chi connectivity index (χ2v) is 4.43. The van der Waals surface area contributed by atoms with Crippen molar-refractivity contribution < 1.29 is 14.3 Å². The predicted molar refractivity (Wildman–Crippen MR) is 76.3 cm³/mol. The van der Waals surface area contributed by atoms with Crippen molar-refractivity contribution in [3.05, 3.63) is 35.1 Å². The fourth-order valence-corrected chi connectivity index (χ4v) is 1.62. The number of ether oxygens (including phenoxy) is 1. The van der Waals surface area contributed by atoms with Gasteiger partial charge in [-0.05, 0) is 12.5 Å². The zero-order valence-electron chi connectivity index (χ0n) is 11.7. The molecule has 0 aliphatic carbocycles. The van der Waals surface area contributed by atoms with Crippen LogP contribution in [0.15, 0.2) is 23.4 Å². The van der Waals surface area contributed by atoms with Crippen LogP contribution in [0.4, 0.5) is 4.39 Å². The molecular formula is C14H22FN3O2. The molecule has 0 unspecified atom stereocenters. The lowest BCUT2D eigenvalue weighted by Gasteiger charge is -2.08. The largest absolute Gasteiger partial charge is 0.409 e. The van der Waals surface area contributed by atoms with Crippen LogP contribution >= 0.6 is 0 Å². The first-order chi connectivity index (χ1) is 9.69. The summed E-state index contributed by atoms with van der Waals surface area (Å²) in [6.45, 7) is 4.58. The van der Waals surface area contributed by atoms with Crippen molar-refractivity contribution in [1.29, 1.82) is 0 Å². The minimum atomic E-state index is -0.381. The molecule has 6 heteroatoms. The molecule has 0 aromatic heterocycles. The van der Waals surface area contributed by atoms with E-state index in [1.54, 1.807) is 12.1 Å². The van der Waals surface area contributed by atoms with Gasteiger partial charge >= 0.3 is 0 Å². The number of nitrogens with one attached hydrogen (secondary N) is 1. The molecule has 20 heavy (non-hydrogen) atoms. The Kier molecular flexibility index (Phi) is 7.60. The number of halogens is 1. The maximum atomic E-state index is 13.8. The SMILES string of the molecule is CCCCOCCNCc1ccc(C(N)=NO)cc1F. The summed E-state index contributed by atoms with van der Waals surface area (Å²) in [7, 11) is 0. The van der Waals surface area contributed by atoms with Crippen LogP contribution in [0.1, 0.15) is 30.9 Å². The molecule has 1 rings (SSSR count). The van der Waals surface area contributed by atoms with Gasteiger partial charge in [0.2, 0.25) is 0 Å². The molecular weight excluding hydrogens is 261 g/mol. The zero-order chi connectivity index (χ0) is 14.8. The number of rotatable bonds is 9. The van der Waals surface area contributed by atoms with Gasteiger partial charge in [-0.3, -0.25) is 0 Å². The molecule has 0 radical (unpaired) electrons. The van der Waals surface area contributed by atoms with E-state index in [2.05, 4.69) is 17.4 Å². The van der Waals surface area contributed by atoms with Crippen LogP contribution in [0, 0.1) is 5.82 Å². The monoisotopic (exact) mass is 283 g/mol. The molecule has 0 heterocycles. The van der Waals surface area contributed by atoms with Crippen LogP contribution in [0.3, 0.4) is 0 Å². The zero-order valence-corrected chi connectivity index (χ0v) is 11.7. The number of hydrogen-bond donors (Lipinski definition) is 3. The first-order valence-corrected chi connectivity index (χ1v) is 6.73. The second kappa shape index (κ2) is 9.28. The molecule has 0 saturated heterocycles. The van der Waals surface area contributed by atoms with Gasteiger partial charge in [-0.15, -0.1) is 0 Å². The summed E-state index contributed by atoms with van der Waals surface area (Å²) < 4.78 is 19.2. The van der Waals surface area contributed by atoms with Crippen molar-refractivity contribution in [2.45, 2.75) is 26.3 Å². The Morgan fingerprint density at radius 1 is 1.45 bits per heavy atom. The maximum absolute atomic E-state index is 13.8. The summed E-state index contributed by atoms with van der Waals surface area (Å²) in [4.78, 5) is 0. The average Bonchev–Trinajstić information content (AvgIpc) is 2.46. The van der Waals surface area contributed by atoms with Crippen molar-refractivity contribution in [2.75, 3.05) is 19.8 Å². The highest BCUT2D eigenvalue weighted by molar-refractivity contribution is 5.97. The van der Waals surface area contributed by atoms with Gasteiger partial charge in [-0.1, -0.05) is 30.6 Å². The Labute approximate surface area is 118 Å². The lowest BCUT2D eigenvalue weighted by Crippen LogP contribution is -2.20. The lowest BCUT2D eigenvalue weighted by molar-refractivity contribution is 0.133. The van der Waals surface area contributed by atoms with Crippen LogP contribution in [0.25, 0.3) is 0 Å². The summed E-state index contributed by atoms with van der Waals surface area (Å²) in [5.41, 5.74) is 6.29. The van der Waals surface area contributed by atoms with Crippen molar-refractivity contribution in [3.63, 3.8) is 0 Å². The Morgan fingerprint density at radius 3 is 2.90 bits per heavy atom. The minimum Gasteiger partial charge on any atom is -0.409 e. The fraction of sp³-hybridized carbons (Fsp3) is 0.500. The molecule has 5 nitrogen and oxygen atoms in total. The number of nitrogens with two attached hydrogens (primary N) is 1. The van der Waals surface area contributed by atoms with Crippen molar-refractivity contribution in [1.82, 2.24) is 5.32 Å². The quantitative estimate of drug-likeness (QED) is 0.212. The Hall–Kier alpha value is -1.66. The molecule has 0 fully saturated rings. The molecule has 0 aliphatic heterocycles. The molecule has 0 bridgehead atoms. The summed E-state index contributed by atoms with van der Waals surface area (Å²) in [6, 6.07) is 4.49. The molecule has 4 N–H and O–H groups in total. The first kappa shape index (κ1) is 16.4. The van der Waals surface area contributed by atoms with E-state index in [1.807, 2.05) is 0 Å². The fourth-order valence-electron chi connectivity index (χ4n) is 1.62. The van der Waals surface area contributed by atoms with E-state index in [0.717, 1.165) is 19.4 Å². The van der Waals surface area contributed by atoms with E-state index in [-0.39, 0.29) is 11.7 Å². The van der Waals surface area contributed by atoms with E-state index in [0.29, 0.717) is 30.8 Å². The van der Waals surface area contributed by atoms with Crippen molar-refractivity contribution >= 4 is 5.84 Å². The maximum Gasteiger partial charge on any atom is 0.170 e. The standard InChI is InChI=1S/C14H22FN3O2/c1-2-3-7-20-8-6-17-10-12-5-4-11(9-13(12)15)14(16)18-19/h4-5,9,17,19H,2-3,6-8,10H2,1H3,(H2,16,18). The van der Waals surface area contributed by atoms with Crippen LogP contribution in [-0.2, 0) is 11.3 Å². The number of unbranched alkanes of at least 4 members (excludes halogenated alkanes) is 1. The van der Waals surface area contributed by atoms with Gasteiger partial charge in [0, 0.05) is 30.8 Å². The van der Waals surface area contributed by atoms with Gasteiger partial charge in [0.15, 0.2) is 5.84 Å². The third-order valence-corrected chi connectivity index (χ3v) is 2.84. The molecule has 0 saturated carbocycles. The molecule has 0 amide bonds. The van der Waals surface area contributed by atoms with Crippen LogP contribution < -0.4 is 11.1 Å². The van der Waals surface area contributed by atoms with Gasteiger partial charge < -0.3 is 21.0 Å². The second-order valence-electron chi connectivity index (χ2n) is 4.43. The molecule has 0 atom stereocenters. The number of nitrogens with zero attached hydrogens (tertiary/aromatic N) is 1. The van der Waals surface area contributed by atoms with Crippen molar-refractivity contribution in [3.8, 4) is 0 Å². The first-order valence-electron chi connectivity index (χ1n) is 6.73. The number of amidine groups is 1. The minimum absolute atomic E-state index is 0.104. The summed E-state index contributed by atoms with van der Waals surface area (Å²) in [6.07, 6.45) is 2.18. The van der Waals surface area contributed by atoms with Crippen LogP contribution in [0.2, 0.25) is 0 Å². The van der Waals surface area contributed by atoms with Gasteiger partial charge in [0.25, 0.3) is 0 Å². The van der Waals surface area contributed by atoms with Gasteiger partial charge in [-0.25, -0.2) is 4.39 Å². The summed E-state index contributed by atoms with van der Waals surface area (Å²) in [5.74, 6) is -0.485. The van der Waals surface area contributed by atoms with E-state index in [4.69, 9.17) is 15.7 Å². The third kappa shape index (κ3) is 5.54. The highest BCUT2D eigenvalue weighted by atomic mass is 19.1. The highest BCUT2D eigenvalue weighted by Gasteiger charge is 2.06. The summed E-state index contributed by atoms with van der Waals surface area (Å²) in [5, 5.41) is 14.5. The van der Waals surface area contributed by atoms with Gasteiger partial charge in [-0.2, -0.15) is 0 Å². The molecule has 0 spiro atoms. The van der Waals surface area contributed by atoms with Crippen LogP contribution in [-0.4, -0.2) is 30.8 Å². The lowest BCUT2D eigenvalue weighted by atomic mass is 10.1. The van der Waals surface area contributed by atoms with Crippen molar-refractivity contribution in [2.24, 2.45) is 10.9 Å². The van der Waals surface area contributed by atoms with E-state index in [9.17, 15) is 4.39 Å². The number of benzene rings is 1. The Bertz CT molecular complexity index is 438. The number of oxime groups is 1. The average molecular weight is 283 g/mol. The van der Waals surface area contributed by atoms with E-state index < -0.39 is 0 Å². The number of hydrogen-bond acceptors (Lipinski definition) is 4. The molecule has 0 aliphatic rings. The van der Waals surface area contributed by atoms with Crippen LogP contribution in [0.5, 0.6) is 0 Å². The van der Waals surface area contributed by atoms with Gasteiger partial charge in [0.05, 0.1) is 6.61 Å². The summed E-state index contributed by atoms with van der Waals surface area (Å²) >= 11 is 0. The smallest absolute Gasteiger partial charge is 0.170 e. The molecule has 1 aromatic rings. The molecule has 1 aromatic carbocycles. The van der Waals surface area contributed by atoms with E-state index in [1.165, 1.54) is 6.07 Å². The van der Waals surface area contributed by atoms with Gasteiger partial charge in [0.1, 0.15) is 5.82 Å². The molecule has 112 valence electrons. The third-order valence-electron chi connectivity index (χ3n) is 2.84. The topological polar surface area (TPSA) is 79.9 Å². The normalized spacial score (nSPS) is 11.8. The highest BCUT2D eigenvalue weighted by Crippen LogP contribution is 2.10. The predicted octanol–water partition coefficient (Wildman–Crippen LogP) is 1.83. The van der Waals surface area contributed by atoms with E-state index >= 15 is 0 Å². The Balaban J connectivity index is 2.34. The Morgan fingerprint density at radius 2 is 2.25 bits per heavy atom.